The van der Waals surface area contributed by atoms with Gasteiger partial charge in [-0.05, 0) is 25.3 Å². The van der Waals surface area contributed by atoms with Gasteiger partial charge in [0.2, 0.25) is 0 Å². The molecule has 1 aromatic rings. The molecule has 0 unspecified atom stereocenters. The van der Waals surface area contributed by atoms with Crippen LogP contribution in [0.2, 0.25) is 0 Å². The second-order valence-electron chi connectivity index (χ2n) is 5.98. The van der Waals surface area contributed by atoms with E-state index in [0.29, 0.717) is 6.61 Å². The summed E-state index contributed by atoms with van der Waals surface area (Å²) < 4.78 is 5.23. The van der Waals surface area contributed by atoms with Gasteiger partial charge in [0.1, 0.15) is 0 Å². The lowest BCUT2D eigenvalue weighted by Gasteiger charge is -2.09. The standard InChI is InChI=1S/C20H27NO3/c1-4-5-6-7-8-9-14-24-20(23)18(19(22)21-3)15-17-12-10-16(2)11-13-17/h10-13,22H,4-9,14-15H2,1-2H3/b19-18-. The zero-order valence-electron chi connectivity index (χ0n) is 14.7. The SMILES string of the molecule is [C-]#[N+]/C(O)=C(\Cc1ccc(C)cc1)C(=O)OCCCCCCCC. The number of unbranched alkanes of at least 4 members (excludes halogenated alkanes) is 5. The number of nitrogens with zero attached hydrogens (tertiary/aromatic N) is 1. The van der Waals surface area contributed by atoms with Gasteiger partial charge < -0.3 is 9.84 Å². The minimum atomic E-state index is -0.599. The summed E-state index contributed by atoms with van der Waals surface area (Å²) in [6.07, 6.45) is 6.83. The number of aliphatic hydroxyl groups is 1. The van der Waals surface area contributed by atoms with Crippen LogP contribution in [0.15, 0.2) is 35.7 Å². The lowest BCUT2D eigenvalue weighted by atomic mass is 10.0. The van der Waals surface area contributed by atoms with Crippen molar-refractivity contribution in [2.45, 2.75) is 58.8 Å². The number of ether oxygens (including phenoxy) is 1. The Kier molecular flexibility index (Phi) is 9.29. The quantitative estimate of drug-likeness (QED) is 0.213. The van der Waals surface area contributed by atoms with E-state index in [0.717, 1.165) is 30.4 Å². The van der Waals surface area contributed by atoms with E-state index < -0.39 is 11.9 Å². The highest BCUT2D eigenvalue weighted by Gasteiger charge is 2.17. The van der Waals surface area contributed by atoms with E-state index in [1.165, 1.54) is 19.3 Å². The Labute approximate surface area is 145 Å². The summed E-state index contributed by atoms with van der Waals surface area (Å²) in [5, 5.41) is 9.73. The number of hydrogen-bond acceptors (Lipinski definition) is 3. The van der Waals surface area contributed by atoms with Crippen molar-refractivity contribution in [2.24, 2.45) is 0 Å². The van der Waals surface area contributed by atoms with Gasteiger partial charge in [-0.15, -0.1) is 0 Å². The molecule has 0 aliphatic rings. The Balaban J connectivity index is 2.52. The molecule has 1 rings (SSSR count). The van der Waals surface area contributed by atoms with E-state index in [2.05, 4.69) is 11.8 Å². The van der Waals surface area contributed by atoms with Gasteiger partial charge in [0, 0.05) is 0 Å². The molecule has 1 aromatic carbocycles. The number of esters is 1. The average Bonchev–Trinajstić information content (AvgIpc) is 2.59. The summed E-state index contributed by atoms with van der Waals surface area (Å²) in [6, 6.07) is 7.63. The molecule has 1 N–H and O–H groups in total. The van der Waals surface area contributed by atoms with Gasteiger partial charge in [-0.2, -0.15) is 4.85 Å². The number of aliphatic hydroxyl groups excluding tert-OH is 1. The number of carbonyl (C=O) groups is 1. The van der Waals surface area contributed by atoms with Gasteiger partial charge in [-0.1, -0.05) is 68.9 Å². The minimum absolute atomic E-state index is 0.0276. The summed E-state index contributed by atoms with van der Waals surface area (Å²) >= 11 is 0. The molecule has 24 heavy (non-hydrogen) atoms. The van der Waals surface area contributed by atoms with Crippen LogP contribution in [-0.4, -0.2) is 17.7 Å². The predicted octanol–water partition coefficient (Wildman–Crippen LogP) is 5.13. The number of rotatable bonds is 10. The van der Waals surface area contributed by atoms with E-state index in [-0.39, 0.29) is 12.0 Å². The summed E-state index contributed by atoms with van der Waals surface area (Å²) in [5.74, 6) is -1.18. The van der Waals surface area contributed by atoms with E-state index in [9.17, 15) is 9.90 Å². The van der Waals surface area contributed by atoms with Crippen LogP contribution in [0.5, 0.6) is 0 Å². The molecule has 0 fully saturated rings. The zero-order chi connectivity index (χ0) is 17.8. The van der Waals surface area contributed by atoms with Crippen molar-refractivity contribution in [1.82, 2.24) is 0 Å². The van der Waals surface area contributed by atoms with Crippen LogP contribution in [0, 0.1) is 13.5 Å². The van der Waals surface area contributed by atoms with Crippen molar-refractivity contribution in [3.05, 3.63) is 58.3 Å². The van der Waals surface area contributed by atoms with Crippen molar-refractivity contribution in [3.63, 3.8) is 0 Å². The fourth-order valence-electron chi connectivity index (χ4n) is 2.35. The molecule has 4 nitrogen and oxygen atoms in total. The minimum Gasteiger partial charge on any atom is -0.532 e. The van der Waals surface area contributed by atoms with E-state index >= 15 is 0 Å². The molecule has 0 heterocycles. The Bertz CT molecular complexity index is 582. The highest BCUT2D eigenvalue weighted by Crippen LogP contribution is 2.15. The predicted molar refractivity (Wildman–Crippen MR) is 95.5 cm³/mol. The molecule has 0 radical (unpaired) electrons. The molecule has 0 aromatic heterocycles. The Morgan fingerprint density at radius 1 is 1.12 bits per heavy atom. The Hall–Kier alpha value is -2.28. The molecular weight excluding hydrogens is 302 g/mol. The molecular formula is C20H27NO3. The topological polar surface area (TPSA) is 50.9 Å². The fraction of sp³-hybridized carbons (Fsp3) is 0.500. The maximum atomic E-state index is 12.2. The third kappa shape index (κ3) is 7.32. The van der Waals surface area contributed by atoms with Crippen LogP contribution in [0.4, 0.5) is 0 Å². The van der Waals surface area contributed by atoms with Crippen LogP contribution in [0.3, 0.4) is 0 Å². The Morgan fingerprint density at radius 3 is 2.38 bits per heavy atom. The monoisotopic (exact) mass is 329 g/mol. The molecule has 0 aliphatic heterocycles. The van der Waals surface area contributed by atoms with Crippen LogP contribution < -0.4 is 0 Å². The van der Waals surface area contributed by atoms with Gasteiger partial charge >= 0.3 is 11.9 Å². The molecule has 0 saturated carbocycles. The normalized spacial score (nSPS) is 11.5. The van der Waals surface area contributed by atoms with Crippen molar-refractivity contribution in [3.8, 4) is 0 Å². The number of hydrogen-bond donors (Lipinski definition) is 1. The number of aryl methyl sites for hydroxylation is 1. The van der Waals surface area contributed by atoms with Crippen LogP contribution in [0.1, 0.15) is 56.6 Å². The van der Waals surface area contributed by atoms with E-state index in [1.807, 2.05) is 31.2 Å². The van der Waals surface area contributed by atoms with Crippen molar-refractivity contribution in [1.29, 1.82) is 0 Å². The molecule has 4 heteroatoms. The number of carbonyl (C=O) groups excluding carboxylic acids is 1. The van der Waals surface area contributed by atoms with Crippen molar-refractivity contribution in [2.75, 3.05) is 6.61 Å². The summed E-state index contributed by atoms with van der Waals surface area (Å²) in [6.45, 7) is 11.4. The van der Waals surface area contributed by atoms with Crippen LogP contribution in [0.25, 0.3) is 4.85 Å². The molecule has 130 valence electrons. The lowest BCUT2D eigenvalue weighted by Crippen LogP contribution is -2.13. The first-order chi connectivity index (χ1) is 11.6. The van der Waals surface area contributed by atoms with Gasteiger partial charge in [-0.25, -0.2) is 4.79 Å². The third-order valence-electron chi connectivity index (χ3n) is 3.85. The molecule has 0 amide bonds. The zero-order valence-corrected chi connectivity index (χ0v) is 14.7. The molecule has 0 aliphatic carbocycles. The maximum Gasteiger partial charge on any atom is 0.349 e. The second-order valence-corrected chi connectivity index (χ2v) is 5.98. The first kappa shape index (κ1) is 19.8. The maximum absolute atomic E-state index is 12.2. The lowest BCUT2D eigenvalue weighted by molar-refractivity contribution is -0.139. The smallest absolute Gasteiger partial charge is 0.349 e. The molecule has 0 spiro atoms. The summed E-state index contributed by atoms with van der Waals surface area (Å²) in [4.78, 5) is 15.2. The second kappa shape index (κ2) is 11.3. The summed E-state index contributed by atoms with van der Waals surface area (Å²) in [5.41, 5.74) is 2.01. The highest BCUT2D eigenvalue weighted by atomic mass is 16.5. The van der Waals surface area contributed by atoms with Crippen LogP contribution >= 0.6 is 0 Å². The summed E-state index contributed by atoms with van der Waals surface area (Å²) in [7, 11) is 0. The van der Waals surface area contributed by atoms with Crippen molar-refractivity contribution < 1.29 is 14.6 Å². The molecule has 0 atom stereocenters. The first-order valence-corrected chi connectivity index (χ1v) is 8.60. The Morgan fingerprint density at radius 2 is 1.75 bits per heavy atom. The molecule has 0 bridgehead atoms. The largest absolute Gasteiger partial charge is 0.532 e. The van der Waals surface area contributed by atoms with Gasteiger partial charge in [0.25, 0.3) is 0 Å². The van der Waals surface area contributed by atoms with Gasteiger partial charge in [0.15, 0.2) is 0 Å². The molecule has 0 saturated heterocycles. The van der Waals surface area contributed by atoms with Gasteiger partial charge in [-0.3, -0.25) is 0 Å². The third-order valence-corrected chi connectivity index (χ3v) is 3.85. The number of benzene rings is 1. The van der Waals surface area contributed by atoms with Crippen LogP contribution in [-0.2, 0) is 16.0 Å². The fourth-order valence-corrected chi connectivity index (χ4v) is 2.35. The highest BCUT2D eigenvalue weighted by molar-refractivity contribution is 5.89. The van der Waals surface area contributed by atoms with E-state index in [4.69, 9.17) is 11.3 Å². The van der Waals surface area contributed by atoms with E-state index in [1.54, 1.807) is 0 Å². The average molecular weight is 329 g/mol. The van der Waals surface area contributed by atoms with Crippen molar-refractivity contribution >= 4 is 5.97 Å². The first-order valence-electron chi connectivity index (χ1n) is 8.60. The van der Waals surface area contributed by atoms with Gasteiger partial charge in [0.05, 0.1) is 18.8 Å².